The van der Waals surface area contributed by atoms with Crippen LogP contribution in [-0.4, -0.2) is 26.6 Å². The number of nitrogens with one attached hydrogen (secondary N) is 1. The summed E-state index contributed by atoms with van der Waals surface area (Å²) in [5.74, 6) is 0.890. The van der Waals surface area contributed by atoms with Crippen molar-refractivity contribution < 1.29 is 13.5 Å². The highest BCUT2D eigenvalue weighted by atomic mass is 32.2. The van der Waals surface area contributed by atoms with E-state index < -0.39 is 16.0 Å². The fourth-order valence-corrected chi connectivity index (χ4v) is 3.74. The van der Waals surface area contributed by atoms with Crippen molar-refractivity contribution in [1.29, 1.82) is 0 Å². The number of carbonyl (C=O) groups is 1. The lowest BCUT2D eigenvalue weighted by atomic mass is 10.2. The molecule has 1 aromatic heterocycles. The van der Waals surface area contributed by atoms with Crippen molar-refractivity contribution in [2.75, 3.05) is 0 Å². The zero-order chi connectivity index (χ0) is 14.7. The summed E-state index contributed by atoms with van der Waals surface area (Å²) in [4.78, 5) is 12.1. The first-order valence-electron chi connectivity index (χ1n) is 7.08. The molecule has 112 valence electrons. The molecule has 0 bridgehead atoms. The Kier molecular flexibility index (Phi) is 4.96. The van der Waals surface area contributed by atoms with E-state index in [1.165, 1.54) is 12.8 Å². The molecule has 1 fully saturated rings. The third-order valence-electron chi connectivity index (χ3n) is 3.93. The molecule has 0 radical (unpaired) electrons. The summed E-state index contributed by atoms with van der Waals surface area (Å²) in [6, 6.07) is 0.265. The first-order valence-corrected chi connectivity index (χ1v) is 8.46. The Morgan fingerprint density at radius 2 is 2.10 bits per heavy atom. The molecule has 0 saturated heterocycles. The third-order valence-corrected chi connectivity index (χ3v) is 5.51. The van der Waals surface area contributed by atoms with Gasteiger partial charge in [0.2, 0.25) is 5.91 Å². The van der Waals surface area contributed by atoms with Crippen LogP contribution in [0.5, 0.6) is 0 Å². The molecule has 1 saturated carbocycles. The lowest BCUT2D eigenvalue weighted by Gasteiger charge is -2.16. The van der Waals surface area contributed by atoms with Gasteiger partial charge in [0.05, 0.1) is 11.4 Å². The molecule has 0 spiro atoms. The Morgan fingerprint density at radius 3 is 2.65 bits per heavy atom. The van der Waals surface area contributed by atoms with E-state index >= 15 is 0 Å². The number of aromatic nitrogens is 1. The molecule has 1 heterocycles. The maximum Gasteiger partial charge on any atom is 0.235 e. The van der Waals surface area contributed by atoms with Gasteiger partial charge in [-0.3, -0.25) is 9.00 Å². The number of nitrogens with zero attached hydrogens (tertiary/aromatic N) is 1. The van der Waals surface area contributed by atoms with Crippen molar-refractivity contribution in [3.05, 3.63) is 17.0 Å². The van der Waals surface area contributed by atoms with Crippen molar-refractivity contribution in [2.24, 2.45) is 0 Å². The summed E-state index contributed by atoms with van der Waals surface area (Å²) < 4.78 is 17.4. The molecule has 1 amide bonds. The Labute approximate surface area is 121 Å². The van der Waals surface area contributed by atoms with Gasteiger partial charge in [0.15, 0.2) is 0 Å². The maximum atomic E-state index is 12.3. The van der Waals surface area contributed by atoms with E-state index in [2.05, 4.69) is 10.5 Å². The smallest absolute Gasteiger partial charge is 0.235 e. The maximum absolute atomic E-state index is 12.3. The Bertz CT molecular complexity index is 487. The summed E-state index contributed by atoms with van der Waals surface area (Å²) in [7, 11) is -1.26. The summed E-state index contributed by atoms with van der Waals surface area (Å²) in [5, 5.41) is 6.33. The van der Waals surface area contributed by atoms with Gasteiger partial charge in [0, 0.05) is 22.4 Å². The zero-order valence-corrected chi connectivity index (χ0v) is 13.1. The Hall–Kier alpha value is -1.17. The van der Waals surface area contributed by atoms with Crippen molar-refractivity contribution in [3.8, 4) is 0 Å². The van der Waals surface area contributed by atoms with E-state index in [-0.39, 0.29) is 11.9 Å². The second kappa shape index (κ2) is 6.52. The van der Waals surface area contributed by atoms with Crippen LogP contribution < -0.4 is 5.32 Å². The van der Waals surface area contributed by atoms with E-state index in [0.717, 1.165) is 24.1 Å². The fourth-order valence-electron chi connectivity index (χ4n) is 2.48. The van der Waals surface area contributed by atoms with Crippen LogP contribution in [0.2, 0.25) is 0 Å². The highest BCUT2D eigenvalue weighted by Gasteiger charge is 2.25. The molecule has 2 rings (SSSR count). The Balaban J connectivity index is 1.92. The van der Waals surface area contributed by atoms with Crippen LogP contribution in [0.15, 0.2) is 4.52 Å². The van der Waals surface area contributed by atoms with Gasteiger partial charge >= 0.3 is 0 Å². The summed E-state index contributed by atoms with van der Waals surface area (Å²) in [6.45, 7) is 5.35. The van der Waals surface area contributed by atoms with Crippen molar-refractivity contribution >= 4 is 16.7 Å². The molecule has 20 heavy (non-hydrogen) atoms. The minimum atomic E-state index is -1.26. The molecule has 1 aliphatic carbocycles. The Morgan fingerprint density at radius 1 is 1.45 bits per heavy atom. The summed E-state index contributed by atoms with van der Waals surface area (Å²) >= 11 is 0. The monoisotopic (exact) mass is 298 g/mol. The summed E-state index contributed by atoms with van der Waals surface area (Å²) in [6.07, 6.45) is 4.41. The lowest BCUT2D eigenvalue weighted by molar-refractivity contribution is -0.121. The molecule has 1 aliphatic rings. The van der Waals surface area contributed by atoms with Crippen LogP contribution in [0.4, 0.5) is 0 Å². The van der Waals surface area contributed by atoms with E-state index in [4.69, 9.17) is 4.52 Å². The van der Waals surface area contributed by atoms with Crippen LogP contribution in [-0.2, 0) is 21.3 Å². The molecule has 0 aromatic carbocycles. The third kappa shape index (κ3) is 3.48. The number of carbonyl (C=O) groups excluding carboxylic acids is 1. The predicted molar refractivity (Wildman–Crippen MR) is 77.7 cm³/mol. The SMILES string of the molecule is Cc1noc(C)c1C[S@](=O)[C@H](C)C(=O)NC1CCCC1. The first-order chi connectivity index (χ1) is 9.49. The second-order valence-corrected chi connectivity index (χ2v) is 7.22. The van der Waals surface area contributed by atoms with E-state index in [1.807, 2.05) is 6.92 Å². The van der Waals surface area contributed by atoms with Gasteiger partial charge in [0.1, 0.15) is 11.0 Å². The van der Waals surface area contributed by atoms with E-state index in [0.29, 0.717) is 11.5 Å². The molecule has 6 heteroatoms. The largest absolute Gasteiger partial charge is 0.361 e. The number of hydrogen-bond donors (Lipinski definition) is 1. The van der Waals surface area contributed by atoms with E-state index in [1.54, 1.807) is 13.8 Å². The van der Waals surface area contributed by atoms with Gasteiger partial charge in [-0.1, -0.05) is 18.0 Å². The van der Waals surface area contributed by atoms with Crippen LogP contribution in [0, 0.1) is 13.8 Å². The van der Waals surface area contributed by atoms with Crippen molar-refractivity contribution in [2.45, 2.75) is 63.5 Å². The first kappa shape index (κ1) is 15.2. The van der Waals surface area contributed by atoms with Gasteiger partial charge < -0.3 is 9.84 Å². The molecular weight excluding hydrogens is 276 g/mol. The molecule has 1 aromatic rings. The van der Waals surface area contributed by atoms with E-state index in [9.17, 15) is 9.00 Å². The molecule has 0 aliphatic heterocycles. The van der Waals surface area contributed by atoms with Crippen LogP contribution in [0.25, 0.3) is 0 Å². The quantitative estimate of drug-likeness (QED) is 0.902. The topological polar surface area (TPSA) is 72.2 Å². The molecule has 0 unspecified atom stereocenters. The normalized spacial score (nSPS) is 18.9. The number of hydrogen-bond acceptors (Lipinski definition) is 4. The highest BCUT2D eigenvalue weighted by molar-refractivity contribution is 7.85. The molecule has 1 N–H and O–H groups in total. The lowest BCUT2D eigenvalue weighted by Crippen LogP contribution is -2.41. The minimum absolute atomic E-state index is 0.109. The van der Waals surface area contributed by atoms with Crippen molar-refractivity contribution in [3.63, 3.8) is 0 Å². The van der Waals surface area contributed by atoms with Gasteiger partial charge in [-0.2, -0.15) is 0 Å². The number of rotatable bonds is 5. The second-order valence-electron chi connectivity index (χ2n) is 5.46. The number of amides is 1. The fraction of sp³-hybridized carbons (Fsp3) is 0.714. The van der Waals surface area contributed by atoms with Crippen LogP contribution in [0.1, 0.15) is 49.6 Å². The van der Waals surface area contributed by atoms with Gasteiger partial charge in [-0.15, -0.1) is 0 Å². The van der Waals surface area contributed by atoms with Gasteiger partial charge in [0.25, 0.3) is 0 Å². The average Bonchev–Trinajstić information content (AvgIpc) is 3.02. The molecule has 5 nitrogen and oxygen atoms in total. The molecule has 2 atom stereocenters. The standard InChI is InChI=1S/C14H22N2O3S/c1-9-13(10(2)19-16-9)8-20(18)11(3)14(17)15-12-6-4-5-7-12/h11-12H,4-8H2,1-3H3,(H,15,17)/t11-,20+/m1/s1. The zero-order valence-electron chi connectivity index (χ0n) is 12.3. The minimum Gasteiger partial charge on any atom is -0.361 e. The van der Waals surface area contributed by atoms with Crippen LogP contribution >= 0.6 is 0 Å². The van der Waals surface area contributed by atoms with Crippen LogP contribution in [0.3, 0.4) is 0 Å². The van der Waals surface area contributed by atoms with Gasteiger partial charge in [-0.25, -0.2) is 0 Å². The average molecular weight is 298 g/mol. The number of aryl methyl sites for hydroxylation is 2. The van der Waals surface area contributed by atoms with Gasteiger partial charge in [-0.05, 0) is 33.6 Å². The molecular formula is C14H22N2O3S. The van der Waals surface area contributed by atoms with Crippen molar-refractivity contribution in [1.82, 2.24) is 10.5 Å². The predicted octanol–water partition coefficient (Wildman–Crippen LogP) is 1.99. The summed E-state index contributed by atoms with van der Waals surface area (Å²) in [5.41, 5.74) is 1.60. The highest BCUT2D eigenvalue weighted by Crippen LogP contribution is 2.19.